The molecule has 1 aliphatic carbocycles. The Morgan fingerprint density at radius 1 is 1.10 bits per heavy atom. The smallest absolute Gasteiger partial charge is 0.168 e. The van der Waals surface area contributed by atoms with Crippen molar-refractivity contribution >= 4 is 0 Å². The van der Waals surface area contributed by atoms with Gasteiger partial charge >= 0.3 is 0 Å². The van der Waals surface area contributed by atoms with Gasteiger partial charge in [0.2, 0.25) is 0 Å². The highest BCUT2D eigenvalue weighted by Crippen LogP contribution is 2.38. The van der Waals surface area contributed by atoms with Gasteiger partial charge in [-0.15, -0.1) is 0 Å². The van der Waals surface area contributed by atoms with E-state index in [0.717, 1.165) is 38.6 Å². The summed E-state index contributed by atoms with van der Waals surface area (Å²) in [6.07, 6.45) is 7.09. The fraction of sp³-hybridized carbons (Fsp3) is 1.00. The Balaban J connectivity index is 1.60. The largest absolute Gasteiger partial charge is 0.348 e. The molecule has 2 heterocycles. The quantitative estimate of drug-likeness (QED) is 0.860. The SMILES string of the molecule is CCC1CN(C2CCC3(CC2)OCCO3)C(CC)CN1. The number of hydrogen-bond donors (Lipinski definition) is 1. The van der Waals surface area contributed by atoms with Gasteiger partial charge in [-0.2, -0.15) is 0 Å². The van der Waals surface area contributed by atoms with Crippen molar-refractivity contribution in [2.75, 3.05) is 26.3 Å². The van der Waals surface area contributed by atoms with E-state index in [9.17, 15) is 0 Å². The van der Waals surface area contributed by atoms with Crippen LogP contribution in [0.25, 0.3) is 0 Å². The van der Waals surface area contributed by atoms with Crippen molar-refractivity contribution in [2.45, 2.75) is 76.3 Å². The summed E-state index contributed by atoms with van der Waals surface area (Å²) < 4.78 is 11.7. The topological polar surface area (TPSA) is 33.7 Å². The Morgan fingerprint density at radius 2 is 1.80 bits per heavy atom. The Kier molecular flexibility index (Phi) is 4.65. The van der Waals surface area contributed by atoms with Crippen LogP contribution in [0.3, 0.4) is 0 Å². The molecule has 3 rings (SSSR count). The zero-order valence-corrected chi connectivity index (χ0v) is 13.1. The van der Waals surface area contributed by atoms with Gasteiger partial charge in [-0.25, -0.2) is 0 Å². The maximum atomic E-state index is 5.86. The molecule has 20 heavy (non-hydrogen) atoms. The molecule has 1 N–H and O–H groups in total. The van der Waals surface area contributed by atoms with E-state index in [1.807, 2.05) is 0 Å². The molecule has 4 nitrogen and oxygen atoms in total. The zero-order chi connectivity index (χ0) is 14.0. The molecule has 2 atom stereocenters. The molecular formula is C16H30N2O2. The molecule has 3 aliphatic rings. The van der Waals surface area contributed by atoms with Crippen LogP contribution < -0.4 is 5.32 Å². The molecule has 0 aromatic rings. The van der Waals surface area contributed by atoms with E-state index < -0.39 is 0 Å². The third-order valence-corrected chi connectivity index (χ3v) is 5.51. The lowest BCUT2D eigenvalue weighted by Gasteiger charge is -2.47. The summed E-state index contributed by atoms with van der Waals surface area (Å²) in [5.74, 6) is -0.212. The number of piperazine rings is 1. The van der Waals surface area contributed by atoms with Gasteiger partial charge in [0.1, 0.15) is 0 Å². The molecular weight excluding hydrogens is 252 g/mol. The summed E-state index contributed by atoms with van der Waals surface area (Å²) >= 11 is 0. The van der Waals surface area contributed by atoms with E-state index >= 15 is 0 Å². The van der Waals surface area contributed by atoms with E-state index in [4.69, 9.17) is 9.47 Å². The van der Waals surface area contributed by atoms with Gasteiger partial charge in [-0.3, -0.25) is 4.90 Å². The first-order valence-corrected chi connectivity index (χ1v) is 8.53. The van der Waals surface area contributed by atoms with Crippen molar-refractivity contribution in [3.05, 3.63) is 0 Å². The van der Waals surface area contributed by atoms with Crippen LogP contribution in [0.4, 0.5) is 0 Å². The standard InChI is InChI=1S/C16H30N2O2/c1-3-13-12-18(14(4-2)11-17-13)15-5-7-16(8-6-15)19-9-10-20-16/h13-15,17H,3-12H2,1-2H3. The van der Waals surface area contributed by atoms with Crippen LogP contribution in [0.1, 0.15) is 52.4 Å². The maximum absolute atomic E-state index is 5.86. The maximum Gasteiger partial charge on any atom is 0.168 e. The number of hydrogen-bond acceptors (Lipinski definition) is 4. The molecule has 0 aromatic heterocycles. The van der Waals surface area contributed by atoms with Crippen LogP contribution in [-0.4, -0.2) is 55.1 Å². The van der Waals surface area contributed by atoms with Crippen molar-refractivity contribution in [3.8, 4) is 0 Å². The van der Waals surface area contributed by atoms with Crippen molar-refractivity contribution in [1.82, 2.24) is 10.2 Å². The Hall–Kier alpha value is -0.160. The summed E-state index contributed by atoms with van der Waals surface area (Å²) in [7, 11) is 0. The minimum absolute atomic E-state index is 0.212. The van der Waals surface area contributed by atoms with Crippen LogP contribution in [0, 0.1) is 0 Å². The molecule has 0 aromatic carbocycles. The minimum atomic E-state index is -0.212. The highest BCUT2D eigenvalue weighted by molar-refractivity contribution is 4.93. The summed E-state index contributed by atoms with van der Waals surface area (Å²) in [5.41, 5.74) is 0. The van der Waals surface area contributed by atoms with E-state index in [0.29, 0.717) is 12.1 Å². The zero-order valence-electron chi connectivity index (χ0n) is 13.1. The Bertz CT molecular complexity index is 308. The number of rotatable bonds is 3. The second-order valence-electron chi connectivity index (χ2n) is 6.61. The van der Waals surface area contributed by atoms with Crippen LogP contribution in [-0.2, 0) is 9.47 Å². The third-order valence-electron chi connectivity index (χ3n) is 5.51. The second-order valence-corrected chi connectivity index (χ2v) is 6.61. The first kappa shape index (κ1) is 14.8. The Labute approximate surface area is 123 Å². The molecule has 2 aliphatic heterocycles. The summed E-state index contributed by atoms with van der Waals surface area (Å²) in [6, 6.07) is 2.12. The highest BCUT2D eigenvalue weighted by Gasteiger charge is 2.43. The fourth-order valence-corrected chi connectivity index (χ4v) is 4.15. The van der Waals surface area contributed by atoms with E-state index in [-0.39, 0.29) is 5.79 Å². The monoisotopic (exact) mass is 282 g/mol. The molecule has 2 saturated heterocycles. The van der Waals surface area contributed by atoms with E-state index in [1.165, 1.54) is 32.2 Å². The van der Waals surface area contributed by atoms with Gasteiger partial charge < -0.3 is 14.8 Å². The van der Waals surface area contributed by atoms with Gasteiger partial charge in [0.15, 0.2) is 5.79 Å². The lowest BCUT2D eigenvalue weighted by Crippen LogP contribution is -2.60. The van der Waals surface area contributed by atoms with Crippen molar-refractivity contribution in [2.24, 2.45) is 0 Å². The predicted octanol–water partition coefficient (Wildman–Crippen LogP) is 2.13. The van der Waals surface area contributed by atoms with Crippen molar-refractivity contribution in [3.63, 3.8) is 0 Å². The van der Waals surface area contributed by atoms with Gasteiger partial charge in [0.25, 0.3) is 0 Å². The number of ether oxygens (including phenoxy) is 2. The first-order valence-electron chi connectivity index (χ1n) is 8.53. The van der Waals surface area contributed by atoms with Crippen molar-refractivity contribution < 1.29 is 9.47 Å². The summed E-state index contributed by atoms with van der Waals surface area (Å²) in [5, 5.41) is 3.70. The predicted molar refractivity (Wildman–Crippen MR) is 79.8 cm³/mol. The molecule has 3 fully saturated rings. The Morgan fingerprint density at radius 3 is 2.40 bits per heavy atom. The van der Waals surface area contributed by atoms with E-state index in [2.05, 4.69) is 24.1 Å². The molecule has 0 amide bonds. The average molecular weight is 282 g/mol. The summed E-state index contributed by atoms with van der Waals surface area (Å²) in [4.78, 5) is 2.78. The van der Waals surface area contributed by atoms with Gasteiger partial charge in [-0.1, -0.05) is 13.8 Å². The molecule has 116 valence electrons. The third kappa shape index (κ3) is 2.89. The fourth-order valence-electron chi connectivity index (χ4n) is 4.15. The van der Waals surface area contributed by atoms with E-state index in [1.54, 1.807) is 0 Å². The molecule has 0 radical (unpaired) electrons. The molecule has 1 saturated carbocycles. The first-order chi connectivity index (χ1) is 9.76. The lowest BCUT2D eigenvalue weighted by atomic mass is 9.87. The minimum Gasteiger partial charge on any atom is -0.348 e. The number of nitrogens with zero attached hydrogens (tertiary/aromatic N) is 1. The molecule has 4 heteroatoms. The average Bonchev–Trinajstić information content (AvgIpc) is 2.95. The second kappa shape index (κ2) is 6.30. The van der Waals surface area contributed by atoms with Crippen LogP contribution in [0.2, 0.25) is 0 Å². The van der Waals surface area contributed by atoms with Gasteiger partial charge in [0, 0.05) is 44.1 Å². The molecule has 1 spiro atoms. The van der Waals surface area contributed by atoms with Crippen molar-refractivity contribution in [1.29, 1.82) is 0 Å². The highest BCUT2D eigenvalue weighted by atomic mass is 16.7. The van der Waals surface area contributed by atoms with Crippen LogP contribution in [0.15, 0.2) is 0 Å². The van der Waals surface area contributed by atoms with Gasteiger partial charge in [0.05, 0.1) is 13.2 Å². The summed E-state index contributed by atoms with van der Waals surface area (Å²) in [6.45, 7) is 8.55. The van der Waals surface area contributed by atoms with Crippen LogP contribution >= 0.6 is 0 Å². The van der Waals surface area contributed by atoms with Gasteiger partial charge in [-0.05, 0) is 25.7 Å². The number of nitrogens with one attached hydrogen (secondary N) is 1. The normalized spacial score (nSPS) is 35.7. The lowest BCUT2D eigenvalue weighted by molar-refractivity contribution is -0.185. The molecule has 2 unspecified atom stereocenters. The van der Waals surface area contributed by atoms with Crippen LogP contribution in [0.5, 0.6) is 0 Å². The molecule has 0 bridgehead atoms.